The Morgan fingerprint density at radius 2 is 2.12 bits per heavy atom. The minimum Gasteiger partial charge on any atom is -0.115 e. The normalized spacial score (nSPS) is 31.7. The zero-order valence-corrected chi connectivity index (χ0v) is 11.1. The highest BCUT2D eigenvalue weighted by molar-refractivity contribution is 6.15. The summed E-state index contributed by atoms with van der Waals surface area (Å²) in [6.07, 6.45) is 14.6. The van der Waals surface area contributed by atoms with Gasteiger partial charge in [-0.05, 0) is 49.3 Å². The molecule has 0 spiro atoms. The van der Waals surface area contributed by atoms with Gasteiger partial charge >= 0.3 is 0 Å². The number of rotatable bonds is 1. The van der Waals surface area contributed by atoms with E-state index >= 15 is 0 Å². The molecule has 1 aliphatic rings. The predicted molar refractivity (Wildman–Crippen MR) is 75.2 cm³/mol. The standard InChI is InChI=1S/C15H23B/c1-5-8-14-11-15(16,12(3)4)10-7-9-13(14)6-2/h1,6,8,12H,7,9-11,16H2,2-4H3/b13-6-,14-8-. The Kier molecular flexibility index (Phi) is 4.48. The maximum absolute atomic E-state index is 5.44. The van der Waals surface area contributed by atoms with E-state index < -0.39 is 0 Å². The van der Waals surface area contributed by atoms with Crippen LogP contribution in [-0.4, -0.2) is 7.85 Å². The summed E-state index contributed by atoms with van der Waals surface area (Å²) in [5, 5.41) is 0.410. The Hall–Kier alpha value is -0.895. The zero-order chi connectivity index (χ0) is 12.2. The lowest BCUT2D eigenvalue weighted by Gasteiger charge is -2.33. The molecule has 0 radical (unpaired) electrons. The summed E-state index contributed by atoms with van der Waals surface area (Å²) >= 11 is 0. The summed E-state index contributed by atoms with van der Waals surface area (Å²) < 4.78 is 0. The molecular weight excluding hydrogens is 191 g/mol. The molecule has 1 saturated carbocycles. The fourth-order valence-corrected chi connectivity index (χ4v) is 2.55. The van der Waals surface area contributed by atoms with Gasteiger partial charge in [0.1, 0.15) is 7.85 Å². The Balaban J connectivity index is 3.03. The quantitative estimate of drug-likeness (QED) is 0.356. The van der Waals surface area contributed by atoms with Crippen molar-refractivity contribution >= 4 is 7.85 Å². The van der Waals surface area contributed by atoms with Crippen LogP contribution < -0.4 is 0 Å². The van der Waals surface area contributed by atoms with Crippen molar-refractivity contribution in [1.29, 1.82) is 0 Å². The van der Waals surface area contributed by atoms with E-state index in [1.54, 1.807) is 0 Å². The van der Waals surface area contributed by atoms with E-state index in [1.165, 1.54) is 30.4 Å². The summed E-state index contributed by atoms with van der Waals surface area (Å²) in [5.41, 5.74) is 2.85. The van der Waals surface area contributed by atoms with Crippen LogP contribution in [0.3, 0.4) is 0 Å². The van der Waals surface area contributed by atoms with Gasteiger partial charge in [0, 0.05) is 0 Å². The Morgan fingerprint density at radius 3 is 2.62 bits per heavy atom. The lowest BCUT2D eigenvalue weighted by atomic mass is 9.57. The molecule has 0 aliphatic heterocycles. The first kappa shape index (κ1) is 13.2. The van der Waals surface area contributed by atoms with E-state index in [4.69, 9.17) is 6.42 Å². The third-order valence-corrected chi connectivity index (χ3v) is 4.20. The highest BCUT2D eigenvalue weighted by Gasteiger charge is 2.31. The van der Waals surface area contributed by atoms with Crippen molar-refractivity contribution in [2.75, 3.05) is 0 Å². The van der Waals surface area contributed by atoms with Gasteiger partial charge in [-0.15, -0.1) is 6.42 Å². The van der Waals surface area contributed by atoms with Gasteiger partial charge in [0.15, 0.2) is 0 Å². The SMILES string of the molecule is BC1(C(C)C)CCCC(=C/C)/C(=C\C#C)C1. The second kappa shape index (κ2) is 5.44. The van der Waals surface area contributed by atoms with Crippen LogP contribution in [0.15, 0.2) is 23.3 Å². The molecule has 16 heavy (non-hydrogen) atoms. The Bertz CT molecular complexity index is 341. The molecule has 0 bridgehead atoms. The van der Waals surface area contributed by atoms with E-state index in [1.807, 2.05) is 6.08 Å². The Labute approximate surface area is 102 Å². The summed E-state index contributed by atoms with van der Waals surface area (Å²) in [5.74, 6) is 3.42. The maximum Gasteiger partial charge on any atom is 0.110 e. The van der Waals surface area contributed by atoms with E-state index in [-0.39, 0.29) is 0 Å². The molecule has 0 N–H and O–H groups in total. The number of terminal acetylenes is 1. The van der Waals surface area contributed by atoms with E-state index in [0.29, 0.717) is 11.2 Å². The van der Waals surface area contributed by atoms with Crippen molar-refractivity contribution in [1.82, 2.24) is 0 Å². The molecule has 0 nitrogen and oxygen atoms in total. The molecule has 1 aliphatic carbocycles. The fourth-order valence-electron chi connectivity index (χ4n) is 2.55. The highest BCUT2D eigenvalue weighted by Crippen LogP contribution is 2.48. The van der Waals surface area contributed by atoms with Crippen LogP contribution in [0.1, 0.15) is 46.5 Å². The molecule has 0 amide bonds. The summed E-state index contributed by atoms with van der Waals surface area (Å²) in [7, 11) is 2.40. The van der Waals surface area contributed by atoms with Crippen LogP contribution in [0.5, 0.6) is 0 Å². The zero-order valence-electron chi connectivity index (χ0n) is 11.1. The largest absolute Gasteiger partial charge is 0.115 e. The van der Waals surface area contributed by atoms with Gasteiger partial charge in [-0.1, -0.05) is 37.6 Å². The summed E-state index contributed by atoms with van der Waals surface area (Å²) in [6, 6.07) is 0. The summed E-state index contributed by atoms with van der Waals surface area (Å²) in [4.78, 5) is 0. The molecular formula is C15H23B. The van der Waals surface area contributed by atoms with Crippen LogP contribution in [0, 0.1) is 18.3 Å². The molecule has 0 aromatic heterocycles. The van der Waals surface area contributed by atoms with Crippen LogP contribution in [0.25, 0.3) is 0 Å². The van der Waals surface area contributed by atoms with Crippen molar-refractivity contribution in [2.45, 2.75) is 51.8 Å². The lowest BCUT2D eigenvalue weighted by molar-refractivity contribution is 0.384. The molecule has 86 valence electrons. The second-order valence-corrected chi connectivity index (χ2v) is 5.49. The van der Waals surface area contributed by atoms with Crippen molar-refractivity contribution < 1.29 is 0 Å². The van der Waals surface area contributed by atoms with Crippen LogP contribution in [0.2, 0.25) is 5.31 Å². The first-order chi connectivity index (χ1) is 7.53. The topological polar surface area (TPSA) is 0 Å². The second-order valence-electron chi connectivity index (χ2n) is 5.49. The molecule has 1 fully saturated rings. The van der Waals surface area contributed by atoms with Gasteiger partial charge in [0.25, 0.3) is 0 Å². The van der Waals surface area contributed by atoms with E-state index in [2.05, 4.69) is 40.6 Å². The van der Waals surface area contributed by atoms with Gasteiger partial charge in [-0.2, -0.15) is 0 Å². The van der Waals surface area contributed by atoms with Crippen LogP contribution in [0.4, 0.5) is 0 Å². The van der Waals surface area contributed by atoms with Gasteiger partial charge in [0.2, 0.25) is 0 Å². The number of hydrogen-bond acceptors (Lipinski definition) is 0. The third-order valence-electron chi connectivity index (χ3n) is 4.20. The Morgan fingerprint density at radius 1 is 1.44 bits per heavy atom. The number of hydrogen-bond donors (Lipinski definition) is 0. The smallest absolute Gasteiger partial charge is 0.110 e. The van der Waals surface area contributed by atoms with Gasteiger partial charge in [-0.3, -0.25) is 0 Å². The monoisotopic (exact) mass is 214 g/mol. The average Bonchev–Trinajstić information content (AvgIpc) is 2.39. The van der Waals surface area contributed by atoms with Gasteiger partial charge in [0.05, 0.1) is 0 Å². The van der Waals surface area contributed by atoms with Crippen molar-refractivity contribution in [2.24, 2.45) is 5.92 Å². The van der Waals surface area contributed by atoms with Crippen molar-refractivity contribution in [3.63, 3.8) is 0 Å². The van der Waals surface area contributed by atoms with Crippen LogP contribution in [-0.2, 0) is 0 Å². The average molecular weight is 214 g/mol. The van der Waals surface area contributed by atoms with E-state index in [0.717, 1.165) is 6.42 Å². The van der Waals surface area contributed by atoms with Gasteiger partial charge in [-0.25, -0.2) is 0 Å². The van der Waals surface area contributed by atoms with Crippen LogP contribution >= 0.6 is 0 Å². The molecule has 0 heterocycles. The highest BCUT2D eigenvalue weighted by atomic mass is 14.3. The van der Waals surface area contributed by atoms with E-state index in [9.17, 15) is 0 Å². The summed E-state index contributed by atoms with van der Waals surface area (Å²) in [6.45, 7) is 6.78. The lowest BCUT2D eigenvalue weighted by Crippen LogP contribution is -2.19. The minimum absolute atomic E-state index is 0.410. The predicted octanol–water partition coefficient (Wildman–Crippen LogP) is 3.51. The molecule has 1 atom stereocenters. The molecule has 1 heteroatoms. The molecule has 0 aromatic carbocycles. The molecule has 0 saturated heterocycles. The first-order valence-corrected chi connectivity index (χ1v) is 6.34. The van der Waals surface area contributed by atoms with Crippen molar-refractivity contribution in [3.05, 3.63) is 23.3 Å². The maximum atomic E-state index is 5.44. The van der Waals surface area contributed by atoms with Gasteiger partial charge < -0.3 is 0 Å². The van der Waals surface area contributed by atoms with Crippen molar-refractivity contribution in [3.8, 4) is 12.3 Å². The first-order valence-electron chi connectivity index (χ1n) is 6.34. The fraction of sp³-hybridized carbons (Fsp3) is 0.600. The minimum atomic E-state index is 0.410. The molecule has 1 rings (SSSR count). The molecule has 0 aromatic rings. The third kappa shape index (κ3) is 2.82. The number of allylic oxidation sites excluding steroid dienone is 4. The molecule has 1 unspecified atom stereocenters.